The molecule has 0 aliphatic rings. The first-order chi connectivity index (χ1) is 13.1. The van der Waals surface area contributed by atoms with Gasteiger partial charge in [0.2, 0.25) is 0 Å². The van der Waals surface area contributed by atoms with Gasteiger partial charge in [0.1, 0.15) is 12.4 Å². The van der Waals surface area contributed by atoms with Crippen LogP contribution in [0.25, 0.3) is 0 Å². The molecule has 0 saturated heterocycles. The summed E-state index contributed by atoms with van der Waals surface area (Å²) < 4.78 is 7.11. The van der Waals surface area contributed by atoms with E-state index < -0.39 is 0 Å². The summed E-state index contributed by atoms with van der Waals surface area (Å²) in [5.74, 6) is 0.478. The van der Waals surface area contributed by atoms with Crippen molar-refractivity contribution >= 4 is 34.7 Å². The molecule has 4 nitrogen and oxygen atoms in total. The molecule has 0 bridgehead atoms. The number of carbonyl (C=O) groups is 1. The second-order valence-electron chi connectivity index (χ2n) is 5.97. The van der Waals surface area contributed by atoms with Crippen molar-refractivity contribution < 1.29 is 9.53 Å². The molecule has 5 heteroatoms. The van der Waals surface area contributed by atoms with Crippen molar-refractivity contribution in [2.24, 2.45) is 5.10 Å². The highest BCUT2D eigenvalue weighted by atomic mass is 127. The fourth-order valence-corrected chi connectivity index (χ4v) is 2.87. The molecule has 0 heterocycles. The zero-order valence-electron chi connectivity index (χ0n) is 14.9. The van der Waals surface area contributed by atoms with Crippen molar-refractivity contribution in [2.45, 2.75) is 13.5 Å². The largest absolute Gasteiger partial charge is 0.488 e. The number of ether oxygens (including phenoxy) is 1. The second-order valence-corrected chi connectivity index (χ2v) is 7.21. The number of halogens is 1. The first-order valence-electron chi connectivity index (χ1n) is 8.49. The van der Waals surface area contributed by atoms with Gasteiger partial charge in [-0.05, 0) is 71.0 Å². The summed E-state index contributed by atoms with van der Waals surface area (Å²) in [6, 6.07) is 23.2. The Bertz CT molecular complexity index is 953. The maximum atomic E-state index is 12.2. The Kier molecular flexibility index (Phi) is 6.59. The third-order valence-electron chi connectivity index (χ3n) is 3.99. The predicted molar refractivity (Wildman–Crippen MR) is 116 cm³/mol. The lowest BCUT2D eigenvalue weighted by Crippen LogP contribution is -2.18. The normalized spacial score (nSPS) is 10.7. The quantitative estimate of drug-likeness (QED) is 0.315. The van der Waals surface area contributed by atoms with Gasteiger partial charge in [0, 0.05) is 14.7 Å². The van der Waals surface area contributed by atoms with E-state index in [1.807, 2.05) is 73.7 Å². The van der Waals surface area contributed by atoms with Crippen LogP contribution in [0.5, 0.6) is 5.75 Å². The van der Waals surface area contributed by atoms with Gasteiger partial charge in [0.25, 0.3) is 5.91 Å². The number of hydrogen-bond donors (Lipinski definition) is 1. The molecule has 3 rings (SSSR count). The van der Waals surface area contributed by atoms with E-state index in [0.29, 0.717) is 17.9 Å². The first kappa shape index (κ1) is 19.1. The molecule has 136 valence electrons. The zero-order chi connectivity index (χ0) is 19.1. The highest BCUT2D eigenvalue weighted by Crippen LogP contribution is 2.18. The van der Waals surface area contributed by atoms with E-state index in [-0.39, 0.29) is 5.91 Å². The molecule has 0 radical (unpaired) electrons. The van der Waals surface area contributed by atoms with Crippen LogP contribution in [0.15, 0.2) is 77.9 Å². The average Bonchev–Trinajstić information content (AvgIpc) is 2.68. The van der Waals surface area contributed by atoms with E-state index in [1.165, 1.54) is 3.57 Å². The van der Waals surface area contributed by atoms with E-state index in [0.717, 1.165) is 16.7 Å². The van der Waals surface area contributed by atoms with Crippen molar-refractivity contribution in [3.63, 3.8) is 0 Å². The van der Waals surface area contributed by atoms with Gasteiger partial charge >= 0.3 is 0 Å². The van der Waals surface area contributed by atoms with Gasteiger partial charge in [-0.2, -0.15) is 5.10 Å². The van der Waals surface area contributed by atoms with Gasteiger partial charge in [0.15, 0.2) is 0 Å². The first-order valence-corrected chi connectivity index (χ1v) is 9.56. The van der Waals surface area contributed by atoms with Crippen LogP contribution >= 0.6 is 22.6 Å². The van der Waals surface area contributed by atoms with Crippen molar-refractivity contribution in [2.75, 3.05) is 0 Å². The fraction of sp³-hybridized carbons (Fsp3) is 0.0909. The highest BCUT2D eigenvalue weighted by Gasteiger charge is 2.07. The van der Waals surface area contributed by atoms with Gasteiger partial charge in [-0.3, -0.25) is 4.79 Å². The summed E-state index contributed by atoms with van der Waals surface area (Å²) in [4.78, 5) is 12.2. The number of carbonyl (C=O) groups excluding carboxylic acids is 1. The minimum absolute atomic E-state index is 0.235. The molecule has 0 atom stereocenters. The molecule has 0 aromatic heterocycles. The van der Waals surface area contributed by atoms with Crippen LogP contribution in [0, 0.1) is 10.5 Å². The zero-order valence-corrected chi connectivity index (χ0v) is 17.0. The van der Waals surface area contributed by atoms with Crippen LogP contribution in [-0.4, -0.2) is 12.1 Å². The van der Waals surface area contributed by atoms with Gasteiger partial charge in [-0.1, -0.05) is 42.5 Å². The molecular formula is C22H19IN2O2. The fourth-order valence-electron chi connectivity index (χ4n) is 2.51. The molecule has 0 saturated carbocycles. The second kappa shape index (κ2) is 9.32. The minimum atomic E-state index is -0.235. The number of nitrogens with zero attached hydrogens (tertiary/aromatic N) is 1. The third-order valence-corrected chi connectivity index (χ3v) is 4.71. The van der Waals surface area contributed by atoms with E-state index in [2.05, 4.69) is 33.1 Å². The maximum absolute atomic E-state index is 12.2. The van der Waals surface area contributed by atoms with Gasteiger partial charge < -0.3 is 4.74 Å². The number of hydrogen-bond acceptors (Lipinski definition) is 3. The maximum Gasteiger partial charge on any atom is 0.271 e. The van der Waals surface area contributed by atoms with Crippen LogP contribution in [0.1, 0.15) is 27.0 Å². The van der Waals surface area contributed by atoms with Gasteiger partial charge in [0.05, 0.1) is 6.21 Å². The summed E-state index contributed by atoms with van der Waals surface area (Å²) in [5.41, 5.74) is 5.98. The molecule has 0 aliphatic carbocycles. The number of benzene rings is 3. The van der Waals surface area contributed by atoms with E-state index in [1.54, 1.807) is 12.3 Å². The van der Waals surface area contributed by atoms with Gasteiger partial charge in [-0.15, -0.1) is 0 Å². The highest BCUT2D eigenvalue weighted by molar-refractivity contribution is 14.1. The summed E-state index contributed by atoms with van der Waals surface area (Å²) in [5, 5.41) is 4.08. The van der Waals surface area contributed by atoms with Crippen LogP contribution in [0.3, 0.4) is 0 Å². The Morgan fingerprint density at radius 2 is 1.74 bits per heavy atom. The molecular weight excluding hydrogens is 451 g/mol. The lowest BCUT2D eigenvalue weighted by Gasteiger charge is -2.09. The monoisotopic (exact) mass is 470 g/mol. The number of nitrogens with one attached hydrogen (secondary N) is 1. The number of rotatable bonds is 6. The molecule has 27 heavy (non-hydrogen) atoms. The molecule has 3 aromatic rings. The predicted octanol–water partition coefficient (Wildman–Crippen LogP) is 4.94. The van der Waals surface area contributed by atoms with E-state index in [4.69, 9.17) is 4.74 Å². The molecule has 1 amide bonds. The Balaban J connectivity index is 1.65. The van der Waals surface area contributed by atoms with Crippen molar-refractivity contribution in [1.82, 2.24) is 5.43 Å². The number of para-hydroxylation sites is 1. The summed E-state index contributed by atoms with van der Waals surface area (Å²) in [6.07, 6.45) is 1.60. The van der Waals surface area contributed by atoms with Crippen molar-refractivity contribution in [3.05, 3.63) is 98.6 Å². The number of hydrazone groups is 1. The Hall–Kier alpha value is -2.67. The minimum Gasteiger partial charge on any atom is -0.488 e. The smallest absolute Gasteiger partial charge is 0.271 e. The van der Waals surface area contributed by atoms with E-state index >= 15 is 0 Å². The molecule has 0 spiro atoms. The Morgan fingerprint density at radius 3 is 2.52 bits per heavy atom. The third kappa shape index (κ3) is 5.40. The van der Waals surface area contributed by atoms with Crippen LogP contribution in [0.4, 0.5) is 0 Å². The van der Waals surface area contributed by atoms with Crippen LogP contribution in [0.2, 0.25) is 0 Å². The molecule has 0 fully saturated rings. The summed E-state index contributed by atoms with van der Waals surface area (Å²) >= 11 is 2.28. The number of amides is 1. The molecule has 1 N–H and O–H groups in total. The number of aryl methyl sites for hydroxylation is 1. The van der Waals surface area contributed by atoms with Gasteiger partial charge in [-0.25, -0.2) is 5.43 Å². The summed E-state index contributed by atoms with van der Waals surface area (Å²) in [6.45, 7) is 2.36. The van der Waals surface area contributed by atoms with E-state index in [9.17, 15) is 4.79 Å². The van der Waals surface area contributed by atoms with Crippen LogP contribution < -0.4 is 10.2 Å². The van der Waals surface area contributed by atoms with Crippen molar-refractivity contribution in [1.29, 1.82) is 0 Å². The molecule has 3 aromatic carbocycles. The average molecular weight is 470 g/mol. The SMILES string of the molecule is Cc1ccccc1C(=O)N/N=C\c1ccccc1OCc1ccc(I)cc1. The molecule has 0 aliphatic heterocycles. The molecule has 0 unspecified atom stereocenters. The standard InChI is InChI=1S/C22H19IN2O2/c1-16-6-2-4-8-20(16)22(26)25-24-14-18-7-3-5-9-21(18)27-15-17-10-12-19(23)13-11-17/h2-14H,15H2,1H3,(H,25,26)/b24-14-. The lowest BCUT2D eigenvalue weighted by molar-refractivity contribution is 0.0954. The van der Waals surface area contributed by atoms with Crippen LogP contribution in [-0.2, 0) is 6.61 Å². The van der Waals surface area contributed by atoms with Crippen molar-refractivity contribution in [3.8, 4) is 5.75 Å². The lowest BCUT2D eigenvalue weighted by atomic mass is 10.1. The topological polar surface area (TPSA) is 50.7 Å². The summed E-state index contributed by atoms with van der Waals surface area (Å²) in [7, 11) is 0. The Labute approximate surface area is 172 Å². The Morgan fingerprint density at radius 1 is 1.04 bits per heavy atom.